The summed E-state index contributed by atoms with van der Waals surface area (Å²) in [7, 11) is 0. The van der Waals surface area contributed by atoms with E-state index in [0.29, 0.717) is 39.3 Å². The summed E-state index contributed by atoms with van der Waals surface area (Å²) in [5.41, 5.74) is 1.96. The summed E-state index contributed by atoms with van der Waals surface area (Å²) in [5, 5.41) is 3.32. The Balaban J connectivity index is 1.42. The second kappa shape index (κ2) is 13.4. The van der Waals surface area contributed by atoms with Crippen molar-refractivity contribution in [1.82, 2.24) is 15.1 Å². The fourth-order valence-corrected chi connectivity index (χ4v) is 3.55. The van der Waals surface area contributed by atoms with Crippen LogP contribution in [0.2, 0.25) is 0 Å². The van der Waals surface area contributed by atoms with Gasteiger partial charge in [-0.05, 0) is 30.4 Å². The Bertz CT molecular complexity index is 735. The quantitative estimate of drug-likeness (QED) is 0.779. The molecule has 7 heteroatoms. The van der Waals surface area contributed by atoms with Gasteiger partial charge in [-0.3, -0.25) is 0 Å². The van der Waals surface area contributed by atoms with Crippen LogP contribution in [0.5, 0.6) is 0 Å². The first kappa shape index (κ1) is 23.6. The molecule has 1 aliphatic rings. The third-order valence-corrected chi connectivity index (χ3v) is 5.40. The van der Waals surface area contributed by atoms with Gasteiger partial charge in [-0.25, -0.2) is 9.59 Å². The van der Waals surface area contributed by atoms with E-state index in [0.717, 1.165) is 30.4 Å². The predicted molar refractivity (Wildman–Crippen MR) is 123 cm³/mol. The van der Waals surface area contributed by atoms with Crippen molar-refractivity contribution in [3.8, 4) is 0 Å². The van der Waals surface area contributed by atoms with Gasteiger partial charge in [0.2, 0.25) is 0 Å². The highest BCUT2D eigenvalue weighted by atomic mass is 16.6. The Morgan fingerprint density at radius 3 is 1.53 bits per heavy atom. The molecule has 1 saturated heterocycles. The number of carbonyl (C=O) groups excluding carboxylic acids is 2. The van der Waals surface area contributed by atoms with Crippen molar-refractivity contribution in [2.45, 2.75) is 32.5 Å². The Hall–Kier alpha value is -3.06. The van der Waals surface area contributed by atoms with Gasteiger partial charge in [-0.1, -0.05) is 60.7 Å². The van der Waals surface area contributed by atoms with Gasteiger partial charge in [0, 0.05) is 39.3 Å². The third-order valence-electron chi connectivity index (χ3n) is 5.40. The van der Waals surface area contributed by atoms with E-state index in [1.54, 1.807) is 9.80 Å². The largest absolute Gasteiger partial charge is 0.445 e. The molecule has 172 valence electrons. The topological polar surface area (TPSA) is 71.1 Å². The van der Waals surface area contributed by atoms with Crippen molar-refractivity contribution >= 4 is 12.2 Å². The fraction of sp³-hybridized carbons (Fsp3) is 0.440. The van der Waals surface area contributed by atoms with Gasteiger partial charge in [0.05, 0.1) is 0 Å². The summed E-state index contributed by atoms with van der Waals surface area (Å²) in [6, 6.07) is 19.4. The van der Waals surface area contributed by atoms with E-state index in [1.807, 2.05) is 60.7 Å². The van der Waals surface area contributed by atoms with Gasteiger partial charge in [0.25, 0.3) is 0 Å². The van der Waals surface area contributed by atoms with Crippen molar-refractivity contribution in [3.05, 3.63) is 71.8 Å². The van der Waals surface area contributed by atoms with E-state index < -0.39 is 0 Å². The second-order valence-electron chi connectivity index (χ2n) is 7.87. The first-order valence-electron chi connectivity index (χ1n) is 11.3. The van der Waals surface area contributed by atoms with Crippen molar-refractivity contribution in [3.63, 3.8) is 0 Å². The Labute approximate surface area is 190 Å². The molecular formula is C25H33N3O4. The van der Waals surface area contributed by atoms with E-state index in [1.165, 1.54) is 0 Å². The lowest BCUT2D eigenvalue weighted by atomic mass is 10.2. The fourth-order valence-electron chi connectivity index (χ4n) is 3.55. The summed E-state index contributed by atoms with van der Waals surface area (Å²) in [5.74, 6) is 0. The zero-order chi connectivity index (χ0) is 22.4. The van der Waals surface area contributed by atoms with E-state index in [-0.39, 0.29) is 25.4 Å². The maximum absolute atomic E-state index is 12.5. The minimum atomic E-state index is -0.279. The van der Waals surface area contributed by atoms with Gasteiger partial charge in [0.15, 0.2) is 0 Å². The molecule has 0 aromatic heterocycles. The molecule has 1 fully saturated rings. The average Bonchev–Trinajstić information content (AvgIpc) is 2.82. The Morgan fingerprint density at radius 1 is 0.656 bits per heavy atom. The molecule has 3 rings (SSSR count). The molecule has 0 spiro atoms. The van der Waals surface area contributed by atoms with Crippen LogP contribution in [0.1, 0.15) is 30.4 Å². The molecule has 0 atom stereocenters. The highest BCUT2D eigenvalue weighted by molar-refractivity contribution is 5.68. The number of benzene rings is 2. The molecule has 32 heavy (non-hydrogen) atoms. The summed E-state index contributed by atoms with van der Waals surface area (Å²) in [4.78, 5) is 28.6. The van der Waals surface area contributed by atoms with Gasteiger partial charge < -0.3 is 24.6 Å². The maximum atomic E-state index is 12.5. The standard InChI is InChI=1S/C25H33N3O4/c29-24(31-20-22-10-4-1-5-11-22)27-16-8-3-9-17-28(19-15-26-14-18-27)25(30)32-21-23-12-6-2-7-13-23/h1-2,4-7,10-13,26H,3,8-9,14-21H2. The lowest BCUT2D eigenvalue weighted by Crippen LogP contribution is -2.42. The van der Waals surface area contributed by atoms with E-state index >= 15 is 0 Å². The normalized spacial score (nSPS) is 15.9. The smallest absolute Gasteiger partial charge is 0.410 e. The van der Waals surface area contributed by atoms with Crippen LogP contribution in [-0.4, -0.2) is 61.3 Å². The molecule has 0 bridgehead atoms. The molecule has 0 radical (unpaired) electrons. The Kier molecular flexibility index (Phi) is 9.86. The molecule has 2 aromatic carbocycles. The second-order valence-corrected chi connectivity index (χ2v) is 7.87. The van der Waals surface area contributed by atoms with Crippen LogP contribution in [-0.2, 0) is 22.7 Å². The predicted octanol–water partition coefficient (Wildman–Crippen LogP) is 4.04. The molecule has 7 nitrogen and oxygen atoms in total. The average molecular weight is 440 g/mol. The van der Waals surface area contributed by atoms with Gasteiger partial charge in [-0.15, -0.1) is 0 Å². The number of amides is 2. The first-order valence-corrected chi connectivity index (χ1v) is 11.3. The van der Waals surface area contributed by atoms with E-state index in [4.69, 9.17) is 9.47 Å². The van der Waals surface area contributed by atoms with Crippen LogP contribution in [0.25, 0.3) is 0 Å². The summed E-state index contributed by atoms with van der Waals surface area (Å²) < 4.78 is 11.0. The molecular weight excluding hydrogens is 406 g/mol. The lowest BCUT2D eigenvalue weighted by Gasteiger charge is -2.26. The van der Waals surface area contributed by atoms with Crippen molar-refractivity contribution in [1.29, 1.82) is 0 Å². The van der Waals surface area contributed by atoms with Crippen molar-refractivity contribution in [2.75, 3.05) is 39.3 Å². The molecule has 2 amide bonds. The number of hydrogen-bond donors (Lipinski definition) is 1. The highest BCUT2D eigenvalue weighted by Gasteiger charge is 2.18. The maximum Gasteiger partial charge on any atom is 0.410 e. The molecule has 1 aliphatic heterocycles. The molecule has 0 unspecified atom stereocenters. The minimum Gasteiger partial charge on any atom is -0.445 e. The van der Waals surface area contributed by atoms with Crippen molar-refractivity contribution in [2.24, 2.45) is 0 Å². The lowest BCUT2D eigenvalue weighted by molar-refractivity contribution is 0.0913. The van der Waals surface area contributed by atoms with Crippen LogP contribution in [0.4, 0.5) is 9.59 Å². The van der Waals surface area contributed by atoms with Crippen LogP contribution >= 0.6 is 0 Å². The third kappa shape index (κ3) is 8.23. The van der Waals surface area contributed by atoms with E-state index in [2.05, 4.69) is 5.32 Å². The van der Waals surface area contributed by atoms with Gasteiger partial charge >= 0.3 is 12.2 Å². The zero-order valence-electron chi connectivity index (χ0n) is 18.6. The molecule has 1 heterocycles. The van der Waals surface area contributed by atoms with Gasteiger partial charge in [-0.2, -0.15) is 0 Å². The zero-order valence-corrected chi connectivity index (χ0v) is 18.6. The number of rotatable bonds is 4. The first-order chi connectivity index (χ1) is 15.7. The monoisotopic (exact) mass is 439 g/mol. The van der Waals surface area contributed by atoms with Crippen LogP contribution in [0.15, 0.2) is 60.7 Å². The molecule has 1 N–H and O–H groups in total. The number of ether oxygens (including phenoxy) is 2. The van der Waals surface area contributed by atoms with Gasteiger partial charge in [0.1, 0.15) is 13.2 Å². The van der Waals surface area contributed by atoms with Crippen LogP contribution in [0, 0.1) is 0 Å². The minimum absolute atomic E-state index is 0.279. The Morgan fingerprint density at radius 2 is 1.09 bits per heavy atom. The number of nitrogens with zero attached hydrogens (tertiary/aromatic N) is 2. The molecule has 2 aromatic rings. The van der Waals surface area contributed by atoms with Crippen molar-refractivity contribution < 1.29 is 19.1 Å². The SMILES string of the molecule is O=C(OCc1ccccc1)N1CCCCCN(C(=O)OCc2ccccc2)CCNCC1. The number of nitrogens with one attached hydrogen (secondary N) is 1. The number of carbonyl (C=O) groups is 2. The highest BCUT2D eigenvalue weighted by Crippen LogP contribution is 2.08. The summed E-state index contributed by atoms with van der Waals surface area (Å²) in [6.45, 7) is 4.30. The van der Waals surface area contributed by atoms with Crippen LogP contribution in [0.3, 0.4) is 0 Å². The molecule has 0 saturated carbocycles. The number of hydrogen-bond acceptors (Lipinski definition) is 5. The van der Waals surface area contributed by atoms with E-state index in [9.17, 15) is 9.59 Å². The molecule has 0 aliphatic carbocycles. The summed E-state index contributed by atoms with van der Waals surface area (Å²) >= 11 is 0. The van der Waals surface area contributed by atoms with Crippen LogP contribution < -0.4 is 5.32 Å². The summed E-state index contributed by atoms with van der Waals surface area (Å²) in [6.07, 6.45) is 2.11.